The van der Waals surface area contributed by atoms with Crippen LogP contribution < -0.4 is 16.0 Å². The average Bonchev–Trinajstić information content (AvgIpc) is 2.63. The number of rotatable bonds is 11. The van der Waals surface area contributed by atoms with Gasteiger partial charge in [-0.05, 0) is 19.3 Å². The van der Waals surface area contributed by atoms with E-state index in [1.54, 1.807) is 14.2 Å². The Hall–Kier alpha value is -1.34. The van der Waals surface area contributed by atoms with Crippen LogP contribution in [0, 0.1) is 5.92 Å². The topological polar surface area (TPSA) is 84.0 Å². The molecule has 0 saturated heterocycles. The number of carbonyl (C=O) groups is 1. The van der Waals surface area contributed by atoms with Crippen molar-refractivity contribution in [1.82, 2.24) is 16.0 Å². The predicted octanol–water partition coefficient (Wildman–Crippen LogP) is 0.901. The number of methoxy groups -OCH3 is 1. The van der Waals surface area contributed by atoms with Gasteiger partial charge in [-0.3, -0.25) is 9.79 Å². The molecule has 7 heteroatoms. The second-order valence-corrected chi connectivity index (χ2v) is 6.01. The first-order chi connectivity index (χ1) is 11.8. The zero-order chi connectivity index (χ0) is 17.5. The van der Waals surface area contributed by atoms with Crippen LogP contribution in [-0.2, 0) is 14.3 Å². The van der Waals surface area contributed by atoms with Crippen molar-refractivity contribution in [2.75, 3.05) is 53.6 Å². The van der Waals surface area contributed by atoms with Gasteiger partial charge in [0.1, 0.15) is 0 Å². The van der Waals surface area contributed by atoms with Crippen LogP contribution in [0.25, 0.3) is 0 Å². The van der Waals surface area contributed by atoms with Crippen molar-refractivity contribution in [3.63, 3.8) is 0 Å². The number of guanidine groups is 1. The van der Waals surface area contributed by atoms with Gasteiger partial charge in [-0.15, -0.1) is 0 Å². The molecule has 0 aromatic carbocycles. The second-order valence-electron chi connectivity index (χ2n) is 6.01. The number of nitrogens with zero attached hydrogens (tertiary/aromatic N) is 1. The van der Waals surface area contributed by atoms with E-state index in [9.17, 15) is 4.79 Å². The van der Waals surface area contributed by atoms with Crippen LogP contribution in [0.2, 0.25) is 0 Å². The highest BCUT2D eigenvalue weighted by Crippen LogP contribution is 2.23. The van der Waals surface area contributed by atoms with Crippen molar-refractivity contribution in [3.8, 4) is 0 Å². The van der Waals surface area contributed by atoms with Gasteiger partial charge < -0.3 is 25.4 Å². The lowest BCUT2D eigenvalue weighted by Crippen LogP contribution is -2.43. The maximum atomic E-state index is 12.0. The van der Waals surface area contributed by atoms with Crippen LogP contribution in [-0.4, -0.2) is 65.5 Å². The lowest BCUT2D eigenvalue weighted by Gasteiger charge is -2.21. The number of ether oxygens (including phenoxy) is 2. The Morgan fingerprint density at radius 1 is 1.00 bits per heavy atom. The molecule has 1 aliphatic rings. The molecule has 0 unspecified atom stereocenters. The molecule has 0 atom stereocenters. The maximum absolute atomic E-state index is 12.0. The number of nitrogens with one attached hydrogen (secondary N) is 3. The third-order valence-corrected chi connectivity index (χ3v) is 4.11. The van der Waals surface area contributed by atoms with Gasteiger partial charge in [0, 0.05) is 46.3 Å². The van der Waals surface area contributed by atoms with Crippen LogP contribution in [0.15, 0.2) is 4.99 Å². The second kappa shape index (κ2) is 14.0. The normalized spacial score (nSPS) is 16.0. The van der Waals surface area contributed by atoms with Gasteiger partial charge >= 0.3 is 0 Å². The molecule has 140 valence electrons. The summed E-state index contributed by atoms with van der Waals surface area (Å²) in [5, 5.41) is 9.44. The molecule has 1 amide bonds. The van der Waals surface area contributed by atoms with Crippen molar-refractivity contribution >= 4 is 11.9 Å². The molecule has 0 aromatic rings. The zero-order valence-electron chi connectivity index (χ0n) is 15.2. The zero-order valence-corrected chi connectivity index (χ0v) is 15.2. The Morgan fingerprint density at radius 2 is 1.71 bits per heavy atom. The lowest BCUT2D eigenvalue weighted by molar-refractivity contribution is -0.125. The molecule has 0 bridgehead atoms. The monoisotopic (exact) mass is 342 g/mol. The molecular weight excluding hydrogens is 308 g/mol. The number of carbonyl (C=O) groups excluding carboxylic acids is 1. The standard InChI is InChI=1S/C17H34N4O3/c1-18-17(20-9-6-12-24-14-13-23-2)21-11-10-19-16(22)15-7-4-3-5-8-15/h15H,3-14H2,1-2H3,(H,19,22)(H2,18,20,21). The smallest absolute Gasteiger partial charge is 0.223 e. The van der Waals surface area contributed by atoms with Gasteiger partial charge in [-0.1, -0.05) is 19.3 Å². The highest BCUT2D eigenvalue weighted by atomic mass is 16.5. The number of amides is 1. The largest absolute Gasteiger partial charge is 0.382 e. The minimum Gasteiger partial charge on any atom is -0.382 e. The molecular formula is C17H34N4O3. The highest BCUT2D eigenvalue weighted by Gasteiger charge is 2.20. The Morgan fingerprint density at radius 3 is 2.42 bits per heavy atom. The van der Waals surface area contributed by atoms with Crippen molar-refractivity contribution < 1.29 is 14.3 Å². The molecule has 0 aliphatic heterocycles. The van der Waals surface area contributed by atoms with Crippen LogP contribution in [0.5, 0.6) is 0 Å². The summed E-state index contributed by atoms with van der Waals surface area (Å²) >= 11 is 0. The summed E-state index contributed by atoms with van der Waals surface area (Å²) in [6, 6.07) is 0. The third-order valence-electron chi connectivity index (χ3n) is 4.11. The quantitative estimate of drug-likeness (QED) is 0.295. The van der Waals surface area contributed by atoms with Crippen molar-refractivity contribution in [3.05, 3.63) is 0 Å². The fraction of sp³-hybridized carbons (Fsp3) is 0.882. The number of aliphatic imine (C=N–C) groups is 1. The lowest BCUT2D eigenvalue weighted by atomic mass is 9.89. The van der Waals surface area contributed by atoms with Gasteiger partial charge in [0.25, 0.3) is 0 Å². The number of hydrogen-bond acceptors (Lipinski definition) is 4. The average molecular weight is 342 g/mol. The molecule has 1 aliphatic carbocycles. The molecule has 0 spiro atoms. The fourth-order valence-electron chi connectivity index (χ4n) is 2.72. The van der Waals surface area contributed by atoms with Gasteiger partial charge in [0.05, 0.1) is 13.2 Å². The molecule has 1 saturated carbocycles. The molecule has 0 aromatic heterocycles. The van der Waals surface area contributed by atoms with Crippen LogP contribution in [0.3, 0.4) is 0 Å². The maximum Gasteiger partial charge on any atom is 0.223 e. The summed E-state index contributed by atoms with van der Waals surface area (Å²) in [6.45, 7) is 4.04. The molecule has 0 radical (unpaired) electrons. The minimum atomic E-state index is 0.202. The third kappa shape index (κ3) is 9.72. The van der Waals surface area contributed by atoms with E-state index in [0.717, 1.165) is 31.8 Å². The van der Waals surface area contributed by atoms with Crippen molar-refractivity contribution in [1.29, 1.82) is 0 Å². The summed E-state index contributed by atoms with van der Waals surface area (Å²) in [6.07, 6.45) is 6.61. The molecule has 24 heavy (non-hydrogen) atoms. The highest BCUT2D eigenvalue weighted by molar-refractivity contribution is 5.80. The van der Waals surface area contributed by atoms with Crippen LogP contribution in [0.4, 0.5) is 0 Å². The summed E-state index contributed by atoms with van der Waals surface area (Å²) in [5.74, 6) is 1.17. The van der Waals surface area contributed by atoms with Gasteiger partial charge in [-0.25, -0.2) is 0 Å². The fourth-order valence-corrected chi connectivity index (χ4v) is 2.72. The van der Waals surface area contributed by atoms with Gasteiger partial charge in [-0.2, -0.15) is 0 Å². The summed E-state index contributed by atoms with van der Waals surface area (Å²) in [5.41, 5.74) is 0. The van der Waals surface area contributed by atoms with Crippen LogP contribution in [0.1, 0.15) is 38.5 Å². The molecule has 1 rings (SSSR count). The van der Waals surface area contributed by atoms with Crippen LogP contribution >= 0.6 is 0 Å². The number of hydrogen-bond donors (Lipinski definition) is 3. The Labute approximate surface area is 146 Å². The Kier molecular flexibility index (Phi) is 12.1. The molecule has 1 fully saturated rings. The SMILES string of the molecule is CN=C(NCCCOCCOC)NCCNC(=O)C1CCCCC1. The van der Waals surface area contributed by atoms with Gasteiger partial charge in [0.15, 0.2) is 5.96 Å². The van der Waals surface area contributed by atoms with Crippen molar-refractivity contribution in [2.45, 2.75) is 38.5 Å². The minimum absolute atomic E-state index is 0.202. The van der Waals surface area contributed by atoms with E-state index >= 15 is 0 Å². The van der Waals surface area contributed by atoms with Crippen molar-refractivity contribution in [2.24, 2.45) is 10.9 Å². The van der Waals surface area contributed by atoms with E-state index in [-0.39, 0.29) is 11.8 Å². The van der Waals surface area contributed by atoms with E-state index in [1.165, 1.54) is 19.3 Å². The van der Waals surface area contributed by atoms with E-state index < -0.39 is 0 Å². The van der Waals surface area contributed by atoms with E-state index in [1.807, 2.05) is 0 Å². The first-order valence-corrected chi connectivity index (χ1v) is 9.07. The summed E-state index contributed by atoms with van der Waals surface area (Å²) in [7, 11) is 3.41. The molecule has 0 heterocycles. The Bertz CT molecular complexity index is 358. The first-order valence-electron chi connectivity index (χ1n) is 9.07. The van der Waals surface area contributed by atoms with E-state index in [0.29, 0.717) is 32.9 Å². The predicted molar refractivity (Wildman–Crippen MR) is 96.3 cm³/mol. The van der Waals surface area contributed by atoms with Gasteiger partial charge in [0.2, 0.25) is 5.91 Å². The van der Waals surface area contributed by atoms with E-state index in [2.05, 4.69) is 20.9 Å². The molecule has 7 nitrogen and oxygen atoms in total. The molecule has 3 N–H and O–H groups in total. The Balaban J connectivity index is 2.00. The summed E-state index contributed by atoms with van der Waals surface area (Å²) < 4.78 is 10.3. The summed E-state index contributed by atoms with van der Waals surface area (Å²) in [4.78, 5) is 16.2. The first kappa shape index (κ1) is 20.7. The van der Waals surface area contributed by atoms with E-state index in [4.69, 9.17) is 9.47 Å².